The minimum Gasteiger partial charge on any atom is -0.478 e. The maximum absolute atomic E-state index is 12.0. The molecule has 1 aliphatic heterocycles. The number of hydrogen-bond donors (Lipinski definition) is 3. The molecule has 0 bridgehead atoms. The predicted octanol–water partition coefficient (Wildman–Crippen LogP) is 4.01. The quantitative estimate of drug-likeness (QED) is 0.392. The number of fused-ring (bicyclic) bond motifs is 1. The number of nitrogens with zero attached hydrogens (tertiary/aromatic N) is 4. The highest BCUT2D eigenvalue weighted by atomic mass is 19.4. The van der Waals surface area contributed by atoms with Crippen LogP contribution in [0.1, 0.15) is 27.0 Å². The van der Waals surface area contributed by atoms with Gasteiger partial charge in [0, 0.05) is 50.2 Å². The number of alkyl halides is 6. The molecule has 1 aliphatic rings. The van der Waals surface area contributed by atoms with Crippen molar-refractivity contribution in [3.63, 3.8) is 0 Å². The van der Waals surface area contributed by atoms with Gasteiger partial charge in [-0.05, 0) is 17.5 Å². The number of carboxylic acid groups (broad SMARTS) is 3. The largest absolute Gasteiger partial charge is 0.490 e. The molecule has 0 radical (unpaired) electrons. The fourth-order valence-corrected chi connectivity index (χ4v) is 3.59. The zero-order valence-electron chi connectivity index (χ0n) is 20.6. The smallest absolute Gasteiger partial charge is 0.478 e. The Bertz CT molecular complexity index is 1320. The molecule has 0 amide bonds. The summed E-state index contributed by atoms with van der Waals surface area (Å²) in [5, 5.41) is 28.3. The molecule has 0 atom stereocenters. The highest BCUT2D eigenvalue weighted by Crippen LogP contribution is 2.30. The Labute approximate surface area is 222 Å². The number of hydrogen-bond acceptors (Lipinski definition) is 6. The number of carbonyl (C=O) groups is 3. The lowest BCUT2D eigenvalue weighted by atomic mass is 9.92. The SMILES string of the molecule is Cn1cc(CN2CCc3c(cnc(-c4ccccc4)c3C(=O)O)C2)cn1.O=C(O)C(F)(F)F.O=C(O)C(F)(F)F. The van der Waals surface area contributed by atoms with Crippen LogP contribution in [0, 0.1) is 0 Å². The van der Waals surface area contributed by atoms with Crippen LogP contribution in [0.4, 0.5) is 26.3 Å². The van der Waals surface area contributed by atoms with Gasteiger partial charge in [0.1, 0.15) is 0 Å². The van der Waals surface area contributed by atoms with Crippen molar-refractivity contribution in [2.45, 2.75) is 31.9 Å². The average Bonchev–Trinajstić information content (AvgIpc) is 3.27. The molecule has 216 valence electrons. The van der Waals surface area contributed by atoms with E-state index in [1.54, 1.807) is 4.68 Å². The predicted molar refractivity (Wildman–Crippen MR) is 125 cm³/mol. The number of pyridine rings is 1. The van der Waals surface area contributed by atoms with Crippen molar-refractivity contribution >= 4 is 17.9 Å². The van der Waals surface area contributed by atoms with Crippen LogP contribution in [0.5, 0.6) is 0 Å². The van der Waals surface area contributed by atoms with Crippen molar-refractivity contribution in [2.75, 3.05) is 6.54 Å². The van der Waals surface area contributed by atoms with E-state index in [9.17, 15) is 36.2 Å². The number of aromatic carboxylic acids is 1. The van der Waals surface area contributed by atoms with Gasteiger partial charge in [0.25, 0.3) is 0 Å². The minimum absolute atomic E-state index is 0.342. The molecule has 2 aromatic heterocycles. The van der Waals surface area contributed by atoms with Crippen LogP contribution in [-0.4, -0.2) is 71.8 Å². The number of aromatic nitrogens is 3. The molecule has 4 rings (SSSR count). The lowest BCUT2D eigenvalue weighted by Gasteiger charge is -2.29. The first-order chi connectivity index (χ1) is 18.5. The van der Waals surface area contributed by atoms with Crippen LogP contribution in [0.15, 0.2) is 48.9 Å². The maximum atomic E-state index is 12.0. The Morgan fingerprint density at radius 1 is 0.925 bits per heavy atom. The van der Waals surface area contributed by atoms with Gasteiger partial charge in [-0.1, -0.05) is 30.3 Å². The van der Waals surface area contributed by atoms with Crippen LogP contribution in [0.3, 0.4) is 0 Å². The summed E-state index contributed by atoms with van der Waals surface area (Å²) in [6.07, 6.45) is -3.75. The van der Waals surface area contributed by atoms with Crippen LogP contribution >= 0.6 is 0 Å². The molecule has 1 aromatic carbocycles. The van der Waals surface area contributed by atoms with E-state index in [1.807, 2.05) is 56.0 Å². The zero-order chi connectivity index (χ0) is 30.3. The molecule has 16 heteroatoms. The lowest BCUT2D eigenvalue weighted by molar-refractivity contribution is -0.193. The number of aryl methyl sites for hydroxylation is 1. The van der Waals surface area contributed by atoms with Gasteiger partial charge >= 0.3 is 30.3 Å². The third-order valence-corrected chi connectivity index (χ3v) is 5.26. The van der Waals surface area contributed by atoms with E-state index >= 15 is 0 Å². The van der Waals surface area contributed by atoms with E-state index in [-0.39, 0.29) is 0 Å². The summed E-state index contributed by atoms with van der Waals surface area (Å²) in [5.74, 6) is -6.42. The average molecular weight is 576 g/mol. The molecule has 0 unspecified atom stereocenters. The Balaban J connectivity index is 0.000000333. The number of halogens is 6. The molecule has 3 N–H and O–H groups in total. The molecule has 3 heterocycles. The van der Waals surface area contributed by atoms with E-state index < -0.39 is 30.3 Å². The first kappa shape index (κ1) is 31.7. The molecule has 0 fully saturated rings. The van der Waals surface area contributed by atoms with E-state index in [2.05, 4.69) is 15.0 Å². The number of benzene rings is 1. The van der Waals surface area contributed by atoms with Crippen LogP contribution < -0.4 is 0 Å². The van der Waals surface area contributed by atoms with Gasteiger partial charge in [-0.3, -0.25) is 14.6 Å². The van der Waals surface area contributed by atoms with E-state index in [0.717, 1.165) is 35.3 Å². The fourth-order valence-electron chi connectivity index (χ4n) is 3.59. The van der Waals surface area contributed by atoms with E-state index in [1.165, 1.54) is 0 Å². The highest BCUT2D eigenvalue weighted by Gasteiger charge is 2.38. The summed E-state index contributed by atoms with van der Waals surface area (Å²) in [6, 6.07) is 9.52. The first-order valence-electron chi connectivity index (χ1n) is 11.1. The van der Waals surface area contributed by atoms with Gasteiger partial charge in [0.05, 0.1) is 17.5 Å². The lowest BCUT2D eigenvalue weighted by Crippen LogP contribution is -2.31. The van der Waals surface area contributed by atoms with Gasteiger partial charge in [-0.15, -0.1) is 0 Å². The van der Waals surface area contributed by atoms with Crippen LogP contribution in [0.25, 0.3) is 11.3 Å². The Hall–Kier alpha value is -4.47. The van der Waals surface area contributed by atoms with Crippen LogP contribution in [-0.2, 0) is 36.1 Å². The van der Waals surface area contributed by atoms with Gasteiger partial charge in [-0.2, -0.15) is 31.4 Å². The number of carboxylic acids is 3. The number of rotatable bonds is 4. The summed E-state index contributed by atoms with van der Waals surface area (Å²) in [7, 11) is 1.91. The summed E-state index contributed by atoms with van der Waals surface area (Å²) in [6.45, 7) is 2.32. The summed E-state index contributed by atoms with van der Waals surface area (Å²) >= 11 is 0. The first-order valence-corrected chi connectivity index (χ1v) is 11.1. The van der Waals surface area contributed by atoms with Crippen molar-refractivity contribution in [1.29, 1.82) is 0 Å². The standard InChI is InChI=1S/C20H20N4O2.2C2HF3O2/c1-23-11-14(9-22-23)12-24-8-7-17-16(13-24)10-21-19(18(17)20(25)26)15-5-3-2-4-6-15;2*3-2(4,5)1(6)7/h2-6,9-11H,7-8,12-13H2,1H3,(H,25,26);2*(H,6,7). The van der Waals surface area contributed by atoms with Crippen molar-refractivity contribution in [3.8, 4) is 11.3 Å². The van der Waals surface area contributed by atoms with Crippen LogP contribution in [0.2, 0.25) is 0 Å². The Kier molecular flexibility index (Phi) is 10.4. The summed E-state index contributed by atoms with van der Waals surface area (Å²) < 4.78 is 65.3. The normalized spacial score (nSPS) is 13.2. The van der Waals surface area contributed by atoms with Gasteiger partial charge in [0.2, 0.25) is 0 Å². The van der Waals surface area contributed by atoms with Gasteiger partial charge < -0.3 is 15.3 Å². The minimum atomic E-state index is -5.08. The third kappa shape index (κ3) is 9.07. The molecule has 40 heavy (non-hydrogen) atoms. The second-order valence-electron chi connectivity index (χ2n) is 8.25. The fraction of sp³-hybridized carbons (Fsp3) is 0.292. The maximum Gasteiger partial charge on any atom is 0.490 e. The van der Waals surface area contributed by atoms with E-state index in [4.69, 9.17) is 19.8 Å². The monoisotopic (exact) mass is 576 g/mol. The second kappa shape index (κ2) is 13.1. The van der Waals surface area contributed by atoms with E-state index in [0.29, 0.717) is 24.2 Å². The zero-order valence-corrected chi connectivity index (χ0v) is 20.6. The van der Waals surface area contributed by atoms with Crippen molar-refractivity contribution < 1.29 is 56.0 Å². The molecule has 0 spiro atoms. The number of aliphatic carboxylic acids is 2. The second-order valence-corrected chi connectivity index (χ2v) is 8.25. The highest BCUT2D eigenvalue weighted by molar-refractivity contribution is 5.96. The van der Waals surface area contributed by atoms with Gasteiger partial charge in [-0.25, -0.2) is 14.4 Å². The molecular weight excluding hydrogens is 554 g/mol. The van der Waals surface area contributed by atoms with Crippen molar-refractivity contribution in [1.82, 2.24) is 19.7 Å². The summed E-state index contributed by atoms with van der Waals surface area (Å²) in [5.41, 5.74) is 4.80. The molecule has 0 saturated carbocycles. The summed E-state index contributed by atoms with van der Waals surface area (Å²) in [4.78, 5) is 36.6. The molecule has 10 nitrogen and oxygen atoms in total. The molecular formula is C24H22F6N4O6. The van der Waals surface area contributed by atoms with Crippen molar-refractivity contribution in [2.24, 2.45) is 7.05 Å². The van der Waals surface area contributed by atoms with Gasteiger partial charge in [0.15, 0.2) is 0 Å². The third-order valence-electron chi connectivity index (χ3n) is 5.26. The molecule has 3 aromatic rings. The topological polar surface area (TPSA) is 146 Å². The van der Waals surface area contributed by atoms with Crippen molar-refractivity contribution in [3.05, 3.63) is 71.2 Å². The molecule has 0 saturated heterocycles. The Morgan fingerprint density at radius 3 is 1.93 bits per heavy atom. The Morgan fingerprint density at radius 2 is 1.48 bits per heavy atom. The molecule has 0 aliphatic carbocycles.